The molecular formula is C12H16N2O4. The van der Waals surface area contributed by atoms with Crippen molar-refractivity contribution in [3.8, 4) is 11.5 Å². The SMILES string of the molecule is COc1cccc(C(=O)NCC(=O)N(C)C)c1O. The topological polar surface area (TPSA) is 78.9 Å². The molecule has 0 spiro atoms. The molecule has 0 saturated heterocycles. The number of rotatable bonds is 4. The van der Waals surface area contributed by atoms with E-state index in [1.54, 1.807) is 20.2 Å². The van der Waals surface area contributed by atoms with Gasteiger partial charge in [0.2, 0.25) is 5.91 Å². The Bertz CT molecular complexity index is 457. The van der Waals surface area contributed by atoms with Crippen molar-refractivity contribution < 1.29 is 19.4 Å². The Morgan fingerprint density at radius 3 is 2.61 bits per heavy atom. The lowest BCUT2D eigenvalue weighted by Crippen LogP contribution is -2.36. The number of methoxy groups -OCH3 is 1. The fraction of sp³-hybridized carbons (Fsp3) is 0.333. The van der Waals surface area contributed by atoms with Crippen molar-refractivity contribution in [2.45, 2.75) is 0 Å². The van der Waals surface area contributed by atoms with Gasteiger partial charge in [0.15, 0.2) is 11.5 Å². The maximum Gasteiger partial charge on any atom is 0.255 e. The van der Waals surface area contributed by atoms with E-state index in [4.69, 9.17) is 4.74 Å². The first kappa shape index (κ1) is 13.8. The summed E-state index contributed by atoms with van der Waals surface area (Å²) in [4.78, 5) is 24.4. The van der Waals surface area contributed by atoms with Gasteiger partial charge in [0.1, 0.15) is 0 Å². The van der Waals surface area contributed by atoms with E-state index < -0.39 is 5.91 Å². The molecule has 0 aromatic heterocycles. The highest BCUT2D eigenvalue weighted by Crippen LogP contribution is 2.28. The number of hydrogen-bond acceptors (Lipinski definition) is 4. The van der Waals surface area contributed by atoms with Crippen LogP contribution in [0.25, 0.3) is 0 Å². The molecule has 2 amide bonds. The van der Waals surface area contributed by atoms with Crippen molar-refractivity contribution in [2.75, 3.05) is 27.7 Å². The van der Waals surface area contributed by atoms with Gasteiger partial charge in [-0.2, -0.15) is 0 Å². The third-order valence-electron chi connectivity index (χ3n) is 2.36. The molecule has 0 radical (unpaired) electrons. The van der Waals surface area contributed by atoms with E-state index in [2.05, 4.69) is 5.32 Å². The summed E-state index contributed by atoms with van der Waals surface area (Å²) in [7, 11) is 4.58. The van der Waals surface area contributed by atoms with Gasteiger partial charge in [0.05, 0.1) is 19.2 Å². The molecule has 18 heavy (non-hydrogen) atoms. The average molecular weight is 252 g/mol. The minimum absolute atomic E-state index is 0.0703. The van der Waals surface area contributed by atoms with Crippen LogP contribution in [0.4, 0.5) is 0 Å². The maximum absolute atomic E-state index is 11.8. The maximum atomic E-state index is 11.8. The molecule has 0 aliphatic rings. The number of benzene rings is 1. The second-order valence-corrected chi connectivity index (χ2v) is 3.83. The van der Waals surface area contributed by atoms with Gasteiger partial charge in [0.25, 0.3) is 5.91 Å². The summed E-state index contributed by atoms with van der Waals surface area (Å²) in [5.74, 6) is -0.788. The number of aromatic hydroxyl groups is 1. The van der Waals surface area contributed by atoms with Gasteiger partial charge in [-0.3, -0.25) is 9.59 Å². The summed E-state index contributed by atoms with van der Waals surface area (Å²) < 4.78 is 4.89. The molecule has 6 heteroatoms. The molecule has 0 aliphatic heterocycles. The van der Waals surface area contributed by atoms with Crippen LogP contribution >= 0.6 is 0 Å². The molecule has 0 unspecified atom stereocenters. The summed E-state index contributed by atoms with van der Waals surface area (Å²) in [6.07, 6.45) is 0. The standard InChI is InChI=1S/C12H16N2O4/c1-14(2)10(15)7-13-12(17)8-5-4-6-9(18-3)11(8)16/h4-6,16H,7H2,1-3H3,(H,13,17). The molecule has 1 aromatic carbocycles. The Morgan fingerprint density at radius 2 is 2.06 bits per heavy atom. The van der Waals surface area contributed by atoms with Crippen molar-refractivity contribution >= 4 is 11.8 Å². The van der Waals surface area contributed by atoms with Crippen molar-refractivity contribution in [3.05, 3.63) is 23.8 Å². The smallest absolute Gasteiger partial charge is 0.255 e. The molecule has 6 nitrogen and oxygen atoms in total. The zero-order valence-electron chi connectivity index (χ0n) is 10.6. The fourth-order valence-electron chi connectivity index (χ4n) is 1.28. The molecule has 0 heterocycles. The molecule has 1 aromatic rings. The average Bonchev–Trinajstić information content (AvgIpc) is 2.35. The van der Waals surface area contributed by atoms with E-state index in [1.807, 2.05) is 0 Å². The number of likely N-dealkylation sites (N-methyl/N-ethyl adjacent to an activating group) is 1. The molecule has 0 atom stereocenters. The van der Waals surface area contributed by atoms with Crippen LogP contribution in [0.3, 0.4) is 0 Å². The van der Waals surface area contributed by atoms with E-state index in [0.717, 1.165) is 0 Å². The van der Waals surface area contributed by atoms with Gasteiger partial charge in [0, 0.05) is 14.1 Å². The van der Waals surface area contributed by atoms with Crippen LogP contribution in [0.1, 0.15) is 10.4 Å². The lowest BCUT2D eigenvalue weighted by atomic mass is 10.1. The summed E-state index contributed by atoms with van der Waals surface area (Å²) in [6, 6.07) is 4.58. The van der Waals surface area contributed by atoms with Crippen LogP contribution in [0.15, 0.2) is 18.2 Å². The Morgan fingerprint density at radius 1 is 1.39 bits per heavy atom. The monoisotopic (exact) mass is 252 g/mol. The van der Waals surface area contributed by atoms with E-state index >= 15 is 0 Å². The number of phenols is 1. The molecule has 0 saturated carbocycles. The van der Waals surface area contributed by atoms with Crippen molar-refractivity contribution in [1.82, 2.24) is 10.2 Å². The molecular weight excluding hydrogens is 236 g/mol. The van der Waals surface area contributed by atoms with Crippen molar-refractivity contribution in [3.63, 3.8) is 0 Å². The van der Waals surface area contributed by atoms with Crippen LogP contribution < -0.4 is 10.1 Å². The minimum Gasteiger partial charge on any atom is -0.504 e. The van der Waals surface area contributed by atoms with Crippen LogP contribution in [-0.2, 0) is 4.79 Å². The number of ether oxygens (including phenoxy) is 1. The van der Waals surface area contributed by atoms with Crippen LogP contribution in [0, 0.1) is 0 Å². The molecule has 0 fully saturated rings. The number of carbonyl (C=O) groups is 2. The van der Waals surface area contributed by atoms with E-state index in [0.29, 0.717) is 0 Å². The van der Waals surface area contributed by atoms with Crippen LogP contribution in [-0.4, -0.2) is 49.6 Å². The van der Waals surface area contributed by atoms with Gasteiger partial charge in [-0.25, -0.2) is 0 Å². The highest BCUT2D eigenvalue weighted by Gasteiger charge is 2.15. The minimum atomic E-state index is -0.526. The highest BCUT2D eigenvalue weighted by molar-refractivity contribution is 5.99. The number of carbonyl (C=O) groups excluding carboxylic acids is 2. The number of nitrogens with one attached hydrogen (secondary N) is 1. The van der Waals surface area contributed by atoms with Crippen LogP contribution in [0.2, 0.25) is 0 Å². The van der Waals surface area contributed by atoms with Crippen molar-refractivity contribution in [2.24, 2.45) is 0 Å². The lowest BCUT2D eigenvalue weighted by Gasteiger charge is -2.12. The predicted molar refractivity (Wildman–Crippen MR) is 65.7 cm³/mol. The lowest BCUT2D eigenvalue weighted by molar-refractivity contribution is -0.127. The van der Waals surface area contributed by atoms with Gasteiger partial charge >= 0.3 is 0 Å². The first-order valence-corrected chi connectivity index (χ1v) is 5.31. The van der Waals surface area contributed by atoms with Gasteiger partial charge in [-0.1, -0.05) is 6.07 Å². The van der Waals surface area contributed by atoms with E-state index in [9.17, 15) is 14.7 Å². The number of nitrogens with zero attached hydrogens (tertiary/aromatic N) is 1. The Balaban J connectivity index is 2.76. The third-order valence-corrected chi connectivity index (χ3v) is 2.36. The number of amides is 2. The largest absolute Gasteiger partial charge is 0.504 e. The summed E-state index contributed by atoms with van der Waals surface area (Å²) in [5.41, 5.74) is 0.0703. The number of para-hydroxylation sites is 1. The zero-order chi connectivity index (χ0) is 13.7. The quantitative estimate of drug-likeness (QED) is 0.803. The van der Waals surface area contributed by atoms with E-state index in [1.165, 1.54) is 24.1 Å². The summed E-state index contributed by atoms with van der Waals surface area (Å²) in [5, 5.41) is 12.2. The van der Waals surface area contributed by atoms with Gasteiger partial charge in [-0.15, -0.1) is 0 Å². The Hall–Kier alpha value is -2.24. The molecule has 0 aliphatic carbocycles. The first-order valence-electron chi connectivity index (χ1n) is 5.31. The van der Waals surface area contributed by atoms with Gasteiger partial charge in [-0.05, 0) is 12.1 Å². The third kappa shape index (κ3) is 3.13. The second-order valence-electron chi connectivity index (χ2n) is 3.83. The molecule has 1 rings (SSSR count). The Kier molecular flexibility index (Phi) is 4.53. The van der Waals surface area contributed by atoms with E-state index in [-0.39, 0.29) is 29.5 Å². The second kappa shape index (κ2) is 5.90. The molecule has 98 valence electrons. The fourth-order valence-corrected chi connectivity index (χ4v) is 1.28. The molecule has 0 bridgehead atoms. The first-order chi connectivity index (χ1) is 8.47. The zero-order valence-corrected chi connectivity index (χ0v) is 10.6. The molecule has 2 N–H and O–H groups in total. The van der Waals surface area contributed by atoms with Crippen LogP contribution in [0.5, 0.6) is 11.5 Å². The summed E-state index contributed by atoms with van der Waals surface area (Å²) in [6.45, 7) is -0.123. The summed E-state index contributed by atoms with van der Waals surface area (Å²) >= 11 is 0. The predicted octanol–water partition coefficient (Wildman–Crippen LogP) is 0.219. The highest BCUT2D eigenvalue weighted by atomic mass is 16.5. The van der Waals surface area contributed by atoms with Crippen molar-refractivity contribution in [1.29, 1.82) is 0 Å². The number of phenolic OH excluding ortho intramolecular Hbond substituents is 1. The van der Waals surface area contributed by atoms with Gasteiger partial charge < -0.3 is 20.1 Å². The number of hydrogen-bond donors (Lipinski definition) is 2. The Labute approximate surface area is 105 Å². The normalized spacial score (nSPS) is 9.72.